The summed E-state index contributed by atoms with van der Waals surface area (Å²) in [6.45, 7) is 0.777. The smallest absolute Gasteiger partial charge is 0.326 e. The molecule has 8 nitrogen and oxygen atoms in total. The van der Waals surface area contributed by atoms with E-state index in [-0.39, 0.29) is 19.3 Å². The molecule has 0 saturated carbocycles. The molecule has 0 aliphatic heterocycles. The van der Waals surface area contributed by atoms with Crippen LogP contribution in [0.1, 0.15) is 26.2 Å². The molecule has 0 spiro atoms. The monoisotopic (exact) mass is 306 g/mol. The first kappa shape index (κ1) is 18.8. The van der Waals surface area contributed by atoms with Crippen molar-refractivity contribution in [1.82, 2.24) is 10.6 Å². The average molecular weight is 306 g/mol. The summed E-state index contributed by atoms with van der Waals surface area (Å²) in [4.78, 5) is 43.6. The molecule has 0 aliphatic rings. The van der Waals surface area contributed by atoms with Gasteiger partial charge in [0, 0.05) is 6.42 Å². The first-order chi connectivity index (χ1) is 9.79. The van der Waals surface area contributed by atoms with Crippen molar-refractivity contribution in [2.24, 2.45) is 5.92 Å². The van der Waals surface area contributed by atoms with E-state index in [0.717, 1.165) is 0 Å². The van der Waals surface area contributed by atoms with Crippen molar-refractivity contribution < 1.29 is 33.8 Å². The number of halogens is 1. The number of urea groups is 1. The molecule has 120 valence electrons. The van der Waals surface area contributed by atoms with Crippen LogP contribution < -0.4 is 10.6 Å². The SMILES string of the molecule is CC(CF)C[C@H](NC(=O)NC(C=O)CCC(=O)O)C(=O)O. The topological polar surface area (TPSA) is 133 Å². The van der Waals surface area contributed by atoms with E-state index in [1.165, 1.54) is 6.92 Å². The molecule has 21 heavy (non-hydrogen) atoms. The van der Waals surface area contributed by atoms with Gasteiger partial charge in [0.1, 0.15) is 12.3 Å². The van der Waals surface area contributed by atoms with Crippen molar-refractivity contribution in [2.75, 3.05) is 6.67 Å². The van der Waals surface area contributed by atoms with Gasteiger partial charge in [-0.1, -0.05) is 6.92 Å². The van der Waals surface area contributed by atoms with Gasteiger partial charge >= 0.3 is 18.0 Å². The van der Waals surface area contributed by atoms with Gasteiger partial charge < -0.3 is 25.6 Å². The van der Waals surface area contributed by atoms with Crippen molar-refractivity contribution >= 4 is 24.3 Å². The van der Waals surface area contributed by atoms with Gasteiger partial charge in [0.15, 0.2) is 0 Å². The van der Waals surface area contributed by atoms with Crippen LogP contribution >= 0.6 is 0 Å². The third kappa shape index (κ3) is 8.56. The highest BCUT2D eigenvalue weighted by Gasteiger charge is 2.23. The number of hydrogen-bond acceptors (Lipinski definition) is 4. The van der Waals surface area contributed by atoms with Crippen molar-refractivity contribution in [1.29, 1.82) is 0 Å². The molecule has 0 saturated heterocycles. The molecule has 0 fully saturated rings. The van der Waals surface area contributed by atoms with E-state index < -0.39 is 42.6 Å². The second-order valence-corrected chi connectivity index (χ2v) is 4.68. The largest absolute Gasteiger partial charge is 0.481 e. The number of aliphatic carboxylic acids is 2. The molecule has 4 N–H and O–H groups in total. The minimum absolute atomic E-state index is 0.0971. The highest BCUT2D eigenvalue weighted by atomic mass is 19.1. The molecule has 0 bridgehead atoms. The highest BCUT2D eigenvalue weighted by molar-refractivity contribution is 5.84. The maximum absolute atomic E-state index is 12.4. The van der Waals surface area contributed by atoms with E-state index in [9.17, 15) is 23.6 Å². The Bertz CT molecular complexity index is 390. The number of aldehydes is 1. The predicted octanol–water partition coefficient (Wildman–Crippen LogP) is 0.167. The van der Waals surface area contributed by atoms with Crippen LogP contribution in [0.15, 0.2) is 0 Å². The Hall–Kier alpha value is -2.19. The van der Waals surface area contributed by atoms with Gasteiger partial charge in [-0.05, 0) is 18.8 Å². The summed E-state index contributed by atoms with van der Waals surface area (Å²) in [5.74, 6) is -2.98. The van der Waals surface area contributed by atoms with E-state index in [1.54, 1.807) is 0 Å². The molecular weight excluding hydrogens is 287 g/mol. The summed E-state index contributed by atoms with van der Waals surface area (Å²) in [6, 6.07) is -3.24. The first-order valence-corrected chi connectivity index (χ1v) is 6.33. The molecule has 0 heterocycles. The minimum Gasteiger partial charge on any atom is -0.481 e. The van der Waals surface area contributed by atoms with Crippen LogP contribution in [-0.4, -0.2) is 53.2 Å². The van der Waals surface area contributed by atoms with Crippen molar-refractivity contribution in [2.45, 2.75) is 38.3 Å². The fraction of sp³-hybridized carbons (Fsp3) is 0.667. The number of carbonyl (C=O) groups is 4. The van der Waals surface area contributed by atoms with Gasteiger partial charge in [-0.3, -0.25) is 9.18 Å². The highest BCUT2D eigenvalue weighted by Crippen LogP contribution is 2.07. The lowest BCUT2D eigenvalue weighted by Crippen LogP contribution is -2.50. The molecule has 2 unspecified atom stereocenters. The molecule has 0 rings (SSSR count). The number of hydrogen-bond donors (Lipinski definition) is 4. The molecule has 0 radical (unpaired) electrons. The number of rotatable bonds is 10. The van der Waals surface area contributed by atoms with Crippen LogP contribution in [-0.2, 0) is 14.4 Å². The maximum atomic E-state index is 12.4. The second-order valence-electron chi connectivity index (χ2n) is 4.68. The van der Waals surface area contributed by atoms with E-state index in [0.29, 0.717) is 6.29 Å². The Morgan fingerprint density at radius 2 is 1.86 bits per heavy atom. The van der Waals surface area contributed by atoms with Crippen LogP contribution in [0.3, 0.4) is 0 Å². The molecule has 0 aromatic carbocycles. The Morgan fingerprint density at radius 1 is 1.24 bits per heavy atom. The Balaban J connectivity index is 4.43. The number of carbonyl (C=O) groups excluding carboxylic acids is 2. The average Bonchev–Trinajstić information content (AvgIpc) is 2.41. The van der Waals surface area contributed by atoms with Gasteiger partial charge in [0.05, 0.1) is 12.7 Å². The molecule has 0 aliphatic carbocycles. The summed E-state index contributed by atoms with van der Waals surface area (Å²) in [7, 11) is 0. The quantitative estimate of drug-likeness (QED) is 0.425. The Kier molecular flexibility index (Phi) is 8.66. The molecule has 0 aromatic rings. The Labute approximate surface area is 120 Å². The van der Waals surface area contributed by atoms with E-state index >= 15 is 0 Å². The summed E-state index contributed by atoms with van der Waals surface area (Å²) in [5.41, 5.74) is 0. The summed E-state index contributed by atoms with van der Waals surface area (Å²) < 4.78 is 12.4. The zero-order valence-corrected chi connectivity index (χ0v) is 11.5. The Morgan fingerprint density at radius 3 is 2.29 bits per heavy atom. The van der Waals surface area contributed by atoms with Crippen molar-refractivity contribution in [3.05, 3.63) is 0 Å². The lowest BCUT2D eigenvalue weighted by molar-refractivity contribution is -0.139. The van der Waals surface area contributed by atoms with Crippen LogP contribution in [0.4, 0.5) is 9.18 Å². The number of carboxylic acids is 2. The minimum atomic E-state index is -1.32. The maximum Gasteiger partial charge on any atom is 0.326 e. The fourth-order valence-electron chi connectivity index (χ4n) is 1.51. The fourth-order valence-corrected chi connectivity index (χ4v) is 1.51. The molecule has 9 heteroatoms. The van der Waals surface area contributed by atoms with Crippen LogP contribution in [0.25, 0.3) is 0 Å². The van der Waals surface area contributed by atoms with Gasteiger partial charge in [0.25, 0.3) is 0 Å². The lowest BCUT2D eigenvalue weighted by atomic mass is 10.0. The van der Waals surface area contributed by atoms with Gasteiger partial charge in [-0.25, -0.2) is 9.59 Å². The predicted molar refractivity (Wildman–Crippen MR) is 69.6 cm³/mol. The number of nitrogens with one attached hydrogen (secondary N) is 2. The summed E-state index contributed by atoms with van der Waals surface area (Å²) in [6.07, 6.45) is -0.154. The number of alkyl halides is 1. The van der Waals surface area contributed by atoms with Crippen LogP contribution in [0.2, 0.25) is 0 Å². The van der Waals surface area contributed by atoms with E-state index in [4.69, 9.17) is 10.2 Å². The normalized spacial score (nSPS) is 14.6. The van der Waals surface area contributed by atoms with Gasteiger partial charge in [-0.15, -0.1) is 0 Å². The van der Waals surface area contributed by atoms with Gasteiger partial charge in [0.2, 0.25) is 0 Å². The third-order valence-electron chi connectivity index (χ3n) is 2.65. The molecule has 3 atom stereocenters. The molecule has 0 aromatic heterocycles. The van der Waals surface area contributed by atoms with E-state index in [1.807, 2.05) is 0 Å². The van der Waals surface area contributed by atoms with Crippen molar-refractivity contribution in [3.63, 3.8) is 0 Å². The van der Waals surface area contributed by atoms with E-state index in [2.05, 4.69) is 10.6 Å². The van der Waals surface area contributed by atoms with Crippen LogP contribution in [0, 0.1) is 5.92 Å². The van der Waals surface area contributed by atoms with Gasteiger partial charge in [-0.2, -0.15) is 0 Å². The van der Waals surface area contributed by atoms with Crippen molar-refractivity contribution in [3.8, 4) is 0 Å². The number of amides is 2. The second kappa shape index (κ2) is 9.67. The zero-order valence-electron chi connectivity index (χ0n) is 11.5. The third-order valence-corrected chi connectivity index (χ3v) is 2.65. The zero-order chi connectivity index (χ0) is 16.4. The van der Waals surface area contributed by atoms with Crippen LogP contribution in [0.5, 0.6) is 0 Å². The number of carboxylic acid groups (broad SMARTS) is 2. The molecule has 2 amide bonds. The standard InChI is InChI=1S/C12H19FN2O6/c1-7(5-13)4-9(11(19)20)15-12(21)14-8(6-16)2-3-10(17)18/h6-9H,2-5H2,1H3,(H,17,18)(H,19,20)(H2,14,15,21)/t7?,8?,9-/m0/s1. The lowest BCUT2D eigenvalue weighted by Gasteiger charge is -2.19. The summed E-state index contributed by atoms with van der Waals surface area (Å²) >= 11 is 0. The first-order valence-electron chi connectivity index (χ1n) is 6.33. The molecular formula is C12H19FN2O6. The summed E-state index contributed by atoms with van der Waals surface area (Å²) in [5, 5.41) is 21.7.